The fraction of sp³-hybridized carbons (Fsp3) is 0.417. The van der Waals surface area contributed by atoms with Crippen LogP contribution in [0.15, 0.2) is 18.2 Å². The Kier molecular flexibility index (Phi) is 3.78. The molecule has 1 heterocycles. The number of hydrogen-bond donors (Lipinski definition) is 1. The number of ether oxygens (including phenoxy) is 2. The van der Waals surface area contributed by atoms with Crippen LogP contribution >= 0.6 is 11.8 Å². The summed E-state index contributed by atoms with van der Waals surface area (Å²) in [6.45, 7) is 0. The summed E-state index contributed by atoms with van der Waals surface area (Å²) in [5.74, 6) is 2.33. The Balaban J connectivity index is 2.17. The van der Waals surface area contributed by atoms with Crippen LogP contribution in [-0.4, -0.2) is 31.3 Å². The minimum atomic E-state index is -0.0164. The SMILES string of the molecule is COc1ccc(CC2SCNC2=O)c(OC)c1. The van der Waals surface area contributed by atoms with Crippen molar-refractivity contribution in [2.24, 2.45) is 0 Å². The molecule has 92 valence electrons. The summed E-state index contributed by atoms with van der Waals surface area (Å²) in [5.41, 5.74) is 1.03. The number of nitrogens with one attached hydrogen (secondary N) is 1. The average Bonchev–Trinajstić information content (AvgIpc) is 2.75. The van der Waals surface area contributed by atoms with Crippen LogP contribution in [0.5, 0.6) is 11.5 Å². The number of carbonyl (C=O) groups is 1. The van der Waals surface area contributed by atoms with E-state index in [1.807, 2.05) is 18.2 Å². The summed E-state index contributed by atoms with van der Waals surface area (Å²) >= 11 is 1.63. The van der Waals surface area contributed by atoms with Crippen LogP contribution < -0.4 is 14.8 Å². The van der Waals surface area contributed by atoms with Crippen LogP contribution in [0.25, 0.3) is 0 Å². The predicted octanol–water partition coefficient (Wildman–Crippen LogP) is 1.44. The second-order valence-corrected chi connectivity index (χ2v) is 4.91. The zero-order valence-electron chi connectivity index (χ0n) is 9.86. The van der Waals surface area contributed by atoms with Gasteiger partial charge < -0.3 is 14.8 Å². The average molecular weight is 253 g/mol. The van der Waals surface area contributed by atoms with Gasteiger partial charge in [0.2, 0.25) is 5.91 Å². The molecule has 1 fully saturated rings. The summed E-state index contributed by atoms with van der Waals surface area (Å²) in [4.78, 5) is 11.5. The fourth-order valence-corrected chi connectivity index (χ4v) is 2.73. The van der Waals surface area contributed by atoms with Crippen LogP contribution in [0.3, 0.4) is 0 Å². The molecule has 1 atom stereocenters. The van der Waals surface area contributed by atoms with Crippen LogP contribution in [-0.2, 0) is 11.2 Å². The van der Waals surface area contributed by atoms with Crippen molar-refractivity contribution >= 4 is 17.7 Å². The highest BCUT2D eigenvalue weighted by Crippen LogP contribution is 2.29. The Hall–Kier alpha value is -1.36. The second-order valence-electron chi connectivity index (χ2n) is 3.72. The number of rotatable bonds is 4. The first-order valence-electron chi connectivity index (χ1n) is 5.35. The highest BCUT2D eigenvalue weighted by Gasteiger charge is 2.25. The molecule has 1 unspecified atom stereocenters. The number of hydrogen-bond acceptors (Lipinski definition) is 4. The van der Waals surface area contributed by atoms with Crippen LogP contribution in [0.4, 0.5) is 0 Å². The molecule has 4 nitrogen and oxygen atoms in total. The van der Waals surface area contributed by atoms with Gasteiger partial charge in [-0.3, -0.25) is 4.79 Å². The number of amides is 1. The summed E-state index contributed by atoms with van der Waals surface area (Å²) in [7, 11) is 3.24. The minimum absolute atomic E-state index is 0.0164. The number of benzene rings is 1. The van der Waals surface area contributed by atoms with Gasteiger partial charge in [0.15, 0.2) is 0 Å². The molecule has 1 saturated heterocycles. The van der Waals surface area contributed by atoms with Gasteiger partial charge in [0, 0.05) is 6.07 Å². The number of carbonyl (C=O) groups excluding carboxylic acids is 1. The third kappa shape index (κ3) is 2.66. The zero-order valence-corrected chi connectivity index (χ0v) is 10.7. The van der Waals surface area contributed by atoms with Gasteiger partial charge in [-0.25, -0.2) is 0 Å². The maximum Gasteiger partial charge on any atom is 0.234 e. The zero-order chi connectivity index (χ0) is 12.3. The summed E-state index contributed by atoms with van der Waals surface area (Å²) in [5, 5.41) is 2.79. The first-order valence-corrected chi connectivity index (χ1v) is 6.39. The Bertz CT molecular complexity index is 422. The molecular weight excluding hydrogens is 238 g/mol. The van der Waals surface area contributed by atoms with E-state index < -0.39 is 0 Å². The van der Waals surface area contributed by atoms with Crippen molar-refractivity contribution in [2.75, 3.05) is 20.1 Å². The molecular formula is C12H15NO3S. The van der Waals surface area contributed by atoms with Gasteiger partial charge in [-0.05, 0) is 18.1 Å². The van der Waals surface area contributed by atoms with E-state index in [1.54, 1.807) is 26.0 Å². The van der Waals surface area contributed by atoms with Gasteiger partial charge in [0.1, 0.15) is 11.5 Å². The third-order valence-corrected chi connectivity index (χ3v) is 3.82. The Morgan fingerprint density at radius 2 is 2.24 bits per heavy atom. The molecule has 2 rings (SSSR count). The van der Waals surface area contributed by atoms with Crippen molar-refractivity contribution in [2.45, 2.75) is 11.7 Å². The van der Waals surface area contributed by atoms with Gasteiger partial charge in [-0.1, -0.05) is 6.07 Å². The van der Waals surface area contributed by atoms with Gasteiger partial charge in [0.05, 0.1) is 25.3 Å². The molecule has 5 heteroatoms. The van der Waals surface area contributed by atoms with E-state index in [2.05, 4.69) is 5.32 Å². The molecule has 0 spiro atoms. The summed E-state index contributed by atoms with van der Waals surface area (Å²) in [6, 6.07) is 5.67. The van der Waals surface area contributed by atoms with E-state index in [9.17, 15) is 4.79 Å². The highest BCUT2D eigenvalue weighted by molar-refractivity contribution is 8.01. The van der Waals surface area contributed by atoms with Crippen molar-refractivity contribution in [3.63, 3.8) is 0 Å². The summed E-state index contributed by atoms with van der Waals surface area (Å²) in [6.07, 6.45) is 0.684. The molecule has 1 aliphatic rings. The molecule has 0 aromatic heterocycles. The lowest BCUT2D eigenvalue weighted by atomic mass is 10.1. The second kappa shape index (κ2) is 5.31. The van der Waals surface area contributed by atoms with E-state index in [4.69, 9.17) is 9.47 Å². The smallest absolute Gasteiger partial charge is 0.234 e. The normalized spacial score (nSPS) is 18.9. The van der Waals surface area contributed by atoms with Gasteiger partial charge in [-0.2, -0.15) is 0 Å². The predicted molar refractivity (Wildman–Crippen MR) is 67.6 cm³/mol. The molecule has 0 aliphatic carbocycles. The molecule has 1 aliphatic heterocycles. The third-order valence-electron chi connectivity index (χ3n) is 2.72. The van der Waals surface area contributed by atoms with E-state index in [-0.39, 0.29) is 11.2 Å². The molecule has 0 radical (unpaired) electrons. The monoisotopic (exact) mass is 253 g/mol. The number of methoxy groups -OCH3 is 2. The lowest BCUT2D eigenvalue weighted by Gasteiger charge is -2.12. The fourth-order valence-electron chi connectivity index (χ4n) is 1.77. The van der Waals surface area contributed by atoms with Gasteiger partial charge in [-0.15, -0.1) is 11.8 Å². The quantitative estimate of drug-likeness (QED) is 0.882. The van der Waals surface area contributed by atoms with Crippen molar-refractivity contribution in [1.29, 1.82) is 0 Å². The summed E-state index contributed by atoms with van der Waals surface area (Å²) < 4.78 is 10.5. The van der Waals surface area contributed by atoms with E-state index in [1.165, 1.54) is 0 Å². The molecule has 0 saturated carbocycles. The van der Waals surface area contributed by atoms with E-state index >= 15 is 0 Å². The molecule has 1 aromatic carbocycles. The van der Waals surface area contributed by atoms with Crippen LogP contribution in [0.2, 0.25) is 0 Å². The van der Waals surface area contributed by atoms with Crippen molar-refractivity contribution < 1.29 is 14.3 Å². The van der Waals surface area contributed by atoms with Crippen LogP contribution in [0, 0.1) is 0 Å². The molecule has 1 N–H and O–H groups in total. The van der Waals surface area contributed by atoms with Crippen molar-refractivity contribution in [3.05, 3.63) is 23.8 Å². The first kappa shape index (κ1) is 12.1. The largest absolute Gasteiger partial charge is 0.497 e. The van der Waals surface area contributed by atoms with Crippen molar-refractivity contribution in [3.8, 4) is 11.5 Å². The van der Waals surface area contributed by atoms with Crippen LogP contribution in [0.1, 0.15) is 5.56 Å². The highest BCUT2D eigenvalue weighted by atomic mass is 32.2. The van der Waals surface area contributed by atoms with E-state index in [0.29, 0.717) is 12.3 Å². The van der Waals surface area contributed by atoms with Gasteiger partial charge >= 0.3 is 0 Å². The van der Waals surface area contributed by atoms with Gasteiger partial charge in [0.25, 0.3) is 0 Å². The Morgan fingerprint density at radius 1 is 1.41 bits per heavy atom. The standard InChI is InChI=1S/C12H15NO3S/c1-15-9-4-3-8(10(6-9)16-2)5-11-12(14)13-7-17-11/h3-4,6,11H,5,7H2,1-2H3,(H,13,14). The first-order chi connectivity index (χ1) is 8.24. The maximum atomic E-state index is 11.5. The molecule has 17 heavy (non-hydrogen) atoms. The molecule has 0 bridgehead atoms. The topological polar surface area (TPSA) is 47.6 Å². The lowest BCUT2D eigenvalue weighted by molar-refractivity contribution is -0.119. The molecule has 1 aromatic rings. The lowest BCUT2D eigenvalue weighted by Crippen LogP contribution is -2.24. The van der Waals surface area contributed by atoms with E-state index in [0.717, 1.165) is 17.1 Å². The minimum Gasteiger partial charge on any atom is -0.497 e. The Labute approximate surface area is 105 Å². The molecule has 1 amide bonds. The number of thioether (sulfide) groups is 1. The Morgan fingerprint density at radius 3 is 2.82 bits per heavy atom. The maximum absolute atomic E-state index is 11.5. The van der Waals surface area contributed by atoms with Crippen molar-refractivity contribution in [1.82, 2.24) is 5.32 Å².